The van der Waals surface area contributed by atoms with E-state index < -0.39 is 5.97 Å². The van der Waals surface area contributed by atoms with E-state index >= 15 is 0 Å². The Morgan fingerprint density at radius 2 is 2.00 bits per heavy atom. The van der Waals surface area contributed by atoms with Gasteiger partial charge in [-0.3, -0.25) is 4.90 Å². The van der Waals surface area contributed by atoms with Crippen molar-refractivity contribution in [3.8, 4) is 5.75 Å². The molecule has 3 aliphatic rings. The molecule has 0 radical (unpaired) electrons. The zero-order chi connectivity index (χ0) is 21.3. The molecule has 6 heteroatoms. The van der Waals surface area contributed by atoms with Gasteiger partial charge in [0.25, 0.3) is 0 Å². The Labute approximate surface area is 175 Å². The summed E-state index contributed by atoms with van der Waals surface area (Å²) in [5.74, 6) is -0.886. The topological polar surface area (TPSA) is 63.8 Å². The number of rotatable bonds is 5. The van der Waals surface area contributed by atoms with E-state index in [4.69, 9.17) is 0 Å². The smallest absolute Gasteiger partial charge is 0.369 e. The minimum atomic E-state index is -0.862. The summed E-state index contributed by atoms with van der Waals surface area (Å²) in [7, 11) is 2.09. The number of fused-ring (bicyclic) bond motifs is 2. The number of carbonyl (C=O) groups is 1. The number of aliphatic carboxylic acids is 1. The van der Waals surface area contributed by atoms with Crippen molar-refractivity contribution < 1.29 is 24.0 Å². The van der Waals surface area contributed by atoms with Crippen LogP contribution < -0.4 is 0 Å². The van der Waals surface area contributed by atoms with Crippen molar-refractivity contribution in [1.82, 2.24) is 4.90 Å². The maximum absolute atomic E-state index is 13.2. The van der Waals surface area contributed by atoms with Crippen LogP contribution in [0.2, 0.25) is 0 Å². The maximum Gasteiger partial charge on any atom is 0.369 e. The fourth-order valence-corrected chi connectivity index (χ4v) is 6.40. The molecule has 156 valence electrons. The van der Waals surface area contributed by atoms with E-state index in [1.807, 2.05) is 16.7 Å². The number of benzene rings is 2. The first kappa shape index (κ1) is 19.2. The van der Waals surface area contributed by atoms with E-state index in [0.29, 0.717) is 13.0 Å². The fraction of sp³-hybridized carbons (Fsp3) is 0.417. The van der Waals surface area contributed by atoms with Crippen molar-refractivity contribution in [2.75, 3.05) is 26.7 Å². The molecule has 3 unspecified atom stereocenters. The van der Waals surface area contributed by atoms with Gasteiger partial charge in [-0.05, 0) is 61.3 Å². The predicted octanol–water partition coefficient (Wildman–Crippen LogP) is 2.44. The molecule has 2 aliphatic carbocycles. The van der Waals surface area contributed by atoms with Crippen molar-refractivity contribution in [1.29, 1.82) is 0 Å². The van der Waals surface area contributed by atoms with Gasteiger partial charge in [0, 0.05) is 18.4 Å². The number of phenols is 1. The lowest BCUT2D eigenvalue weighted by Crippen LogP contribution is -2.86. The molecule has 0 bridgehead atoms. The molecule has 1 aliphatic heterocycles. The highest BCUT2D eigenvalue weighted by Crippen LogP contribution is 2.69. The third kappa shape index (κ3) is 2.43. The highest BCUT2D eigenvalue weighted by Gasteiger charge is 2.81. The van der Waals surface area contributed by atoms with E-state index in [1.165, 1.54) is 17.7 Å². The molecular weight excluding hydrogens is 383 g/mol. The van der Waals surface area contributed by atoms with Crippen LogP contribution in [-0.2, 0) is 23.1 Å². The number of carboxylic acids is 1. The van der Waals surface area contributed by atoms with Gasteiger partial charge in [0.2, 0.25) is 6.54 Å². The minimum Gasteiger partial charge on any atom is -0.508 e. The Balaban J connectivity index is 1.58. The van der Waals surface area contributed by atoms with Crippen molar-refractivity contribution in [2.24, 2.45) is 5.41 Å². The summed E-state index contributed by atoms with van der Waals surface area (Å²) in [4.78, 5) is 14.0. The Hall–Kier alpha value is -2.73. The average Bonchev–Trinajstić information content (AvgIpc) is 2.91. The molecule has 5 rings (SSSR count). The number of aromatic hydroxyl groups is 1. The summed E-state index contributed by atoms with van der Waals surface area (Å²) in [6, 6.07) is 12.2. The lowest BCUT2D eigenvalue weighted by molar-refractivity contribution is -0.530. The summed E-state index contributed by atoms with van der Waals surface area (Å²) in [5.41, 5.74) is 4.27. The van der Waals surface area contributed by atoms with Gasteiger partial charge in [-0.2, -0.15) is 0 Å². The molecule has 1 saturated heterocycles. The monoisotopic (exact) mass is 409 g/mol. The predicted molar refractivity (Wildman–Crippen MR) is 111 cm³/mol. The Bertz CT molecular complexity index is 1080. The van der Waals surface area contributed by atoms with Gasteiger partial charge in [0.15, 0.2) is 5.71 Å². The van der Waals surface area contributed by atoms with E-state index in [1.54, 1.807) is 18.2 Å². The molecule has 2 fully saturated rings. The molecule has 5 nitrogen and oxygen atoms in total. The summed E-state index contributed by atoms with van der Waals surface area (Å²) < 4.78 is 15.2. The average molecular weight is 409 g/mol. The zero-order valence-electron chi connectivity index (χ0n) is 17.2. The molecule has 2 aromatic rings. The van der Waals surface area contributed by atoms with Gasteiger partial charge >= 0.3 is 5.97 Å². The van der Waals surface area contributed by atoms with Crippen LogP contribution >= 0.6 is 0 Å². The molecule has 2 aromatic carbocycles. The van der Waals surface area contributed by atoms with Gasteiger partial charge in [0.1, 0.15) is 18.1 Å². The van der Waals surface area contributed by atoms with Crippen LogP contribution in [0.4, 0.5) is 4.39 Å². The van der Waals surface area contributed by atoms with Crippen LogP contribution in [0.25, 0.3) is 0 Å². The SMILES string of the molecule is CN1CC23Cc4ccc(O)cc4C2(C)C(=[N+](CCc2ccc(F)cc2)CC(=O)O)C13. The third-order valence-corrected chi connectivity index (χ3v) is 7.65. The third-order valence-electron chi connectivity index (χ3n) is 7.65. The van der Waals surface area contributed by atoms with E-state index in [2.05, 4.69) is 18.9 Å². The Kier molecular flexibility index (Phi) is 4.09. The highest BCUT2D eigenvalue weighted by molar-refractivity contribution is 6.07. The lowest BCUT2D eigenvalue weighted by atomic mass is 9.41. The maximum atomic E-state index is 13.2. The van der Waals surface area contributed by atoms with Gasteiger partial charge in [-0.15, -0.1) is 0 Å². The minimum absolute atomic E-state index is 0.0688. The molecule has 2 N–H and O–H groups in total. The van der Waals surface area contributed by atoms with Crippen LogP contribution in [-0.4, -0.2) is 64.1 Å². The van der Waals surface area contributed by atoms with Crippen molar-refractivity contribution >= 4 is 11.7 Å². The van der Waals surface area contributed by atoms with Gasteiger partial charge in [-0.1, -0.05) is 18.2 Å². The number of hydrogen-bond donors (Lipinski definition) is 2. The molecule has 30 heavy (non-hydrogen) atoms. The lowest BCUT2D eigenvalue weighted by Gasteiger charge is -2.69. The van der Waals surface area contributed by atoms with Crippen LogP contribution in [0.5, 0.6) is 5.75 Å². The molecule has 1 spiro atoms. The summed E-state index contributed by atoms with van der Waals surface area (Å²) in [5, 5.41) is 19.8. The molecule has 3 atom stereocenters. The van der Waals surface area contributed by atoms with Crippen molar-refractivity contribution in [3.05, 3.63) is 65.0 Å². The molecule has 0 aromatic heterocycles. The standard InChI is InChI=1S/C24H25FN2O3/c1-23-19-11-18(28)8-5-16(19)12-24(23)14-26(2)22(24)21(23)27(13-20(29)30)10-9-15-3-6-17(25)7-4-15/h3-8,11,22H,9-10,12-14H2,1-2H3,(H-,28,29,30)/p+1. The van der Waals surface area contributed by atoms with Crippen molar-refractivity contribution in [3.63, 3.8) is 0 Å². The van der Waals surface area contributed by atoms with Crippen LogP contribution in [0, 0.1) is 11.2 Å². The van der Waals surface area contributed by atoms with E-state index in [0.717, 1.165) is 29.8 Å². The number of carboxylic acid groups (broad SMARTS) is 1. The second-order valence-corrected chi connectivity index (χ2v) is 9.19. The second-order valence-electron chi connectivity index (χ2n) is 9.19. The van der Waals surface area contributed by atoms with E-state index in [-0.39, 0.29) is 35.0 Å². The van der Waals surface area contributed by atoms with Gasteiger partial charge < -0.3 is 10.2 Å². The van der Waals surface area contributed by atoms with Gasteiger partial charge in [-0.25, -0.2) is 13.8 Å². The van der Waals surface area contributed by atoms with Crippen LogP contribution in [0.1, 0.15) is 23.6 Å². The van der Waals surface area contributed by atoms with Crippen molar-refractivity contribution in [2.45, 2.75) is 31.2 Å². The van der Waals surface area contributed by atoms with Crippen LogP contribution in [0.15, 0.2) is 42.5 Å². The fourth-order valence-electron chi connectivity index (χ4n) is 6.40. The number of halogens is 1. The number of hydrogen-bond acceptors (Lipinski definition) is 3. The molecule has 0 amide bonds. The molecule has 1 saturated carbocycles. The zero-order valence-corrected chi connectivity index (χ0v) is 17.2. The number of likely N-dealkylation sites (tertiary alicyclic amines) is 1. The first-order chi connectivity index (χ1) is 14.3. The van der Waals surface area contributed by atoms with E-state index in [9.17, 15) is 19.4 Å². The summed E-state index contributed by atoms with van der Waals surface area (Å²) in [6.45, 7) is 3.66. The Morgan fingerprint density at radius 1 is 1.27 bits per heavy atom. The Morgan fingerprint density at radius 3 is 2.67 bits per heavy atom. The largest absolute Gasteiger partial charge is 0.508 e. The summed E-state index contributed by atoms with van der Waals surface area (Å²) >= 11 is 0. The van der Waals surface area contributed by atoms with Crippen LogP contribution in [0.3, 0.4) is 0 Å². The quantitative estimate of drug-likeness (QED) is 0.745. The second kappa shape index (κ2) is 6.38. The highest BCUT2D eigenvalue weighted by atomic mass is 19.1. The number of nitrogens with zero attached hydrogens (tertiary/aromatic N) is 2. The molecule has 1 heterocycles. The number of piperidine rings is 1. The normalized spacial score (nSPS) is 30.6. The first-order valence-corrected chi connectivity index (χ1v) is 10.4. The molecular formula is C24H26FN2O3+. The van der Waals surface area contributed by atoms with Gasteiger partial charge in [0.05, 0.1) is 11.5 Å². The summed E-state index contributed by atoms with van der Waals surface area (Å²) in [6.07, 6.45) is 1.60. The first-order valence-electron chi connectivity index (χ1n) is 10.4. The number of phenolic OH excluding ortho intramolecular Hbond substituents is 1.